The lowest BCUT2D eigenvalue weighted by atomic mass is 9.92. The lowest BCUT2D eigenvalue weighted by molar-refractivity contribution is -0.137. The van der Waals surface area contributed by atoms with Gasteiger partial charge in [-0.25, -0.2) is 9.97 Å². The molecule has 0 spiro atoms. The second kappa shape index (κ2) is 4.53. The summed E-state index contributed by atoms with van der Waals surface area (Å²) in [7, 11) is 0. The van der Waals surface area contributed by atoms with Gasteiger partial charge in [-0.3, -0.25) is 4.79 Å². The van der Waals surface area contributed by atoms with Crippen LogP contribution in [0.15, 0.2) is 6.20 Å². The third kappa shape index (κ3) is 2.28. The fourth-order valence-electron chi connectivity index (χ4n) is 2.08. The number of aromatic nitrogens is 2. The number of amides is 1. The first-order valence-corrected chi connectivity index (χ1v) is 6.00. The van der Waals surface area contributed by atoms with E-state index in [1.54, 1.807) is 11.1 Å². The highest BCUT2D eigenvalue weighted by atomic mass is 16.3. The number of aryl methyl sites for hydroxylation is 2. The number of hydrogen-bond acceptors (Lipinski definition) is 5. The lowest BCUT2D eigenvalue weighted by Gasteiger charge is -2.37. The molecule has 18 heavy (non-hydrogen) atoms. The maximum atomic E-state index is 11.3. The molecule has 0 bridgehead atoms. The van der Waals surface area contributed by atoms with Crippen molar-refractivity contribution in [2.75, 3.05) is 18.0 Å². The molecule has 1 amide bonds. The molecule has 6 nitrogen and oxygen atoms in total. The van der Waals surface area contributed by atoms with E-state index in [1.807, 2.05) is 13.8 Å². The minimum atomic E-state index is -1.47. The van der Waals surface area contributed by atoms with Crippen molar-refractivity contribution in [3.8, 4) is 0 Å². The van der Waals surface area contributed by atoms with Crippen molar-refractivity contribution in [2.45, 2.75) is 32.3 Å². The van der Waals surface area contributed by atoms with E-state index in [9.17, 15) is 9.90 Å². The van der Waals surface area contributed by atoms with Crippen LogP contribution in [-0.2, 0) is 4.79 Å². The average Bonchev–Trinajstić information content (AvgIpc) is 2.32. The van der Waals surface area contributed by atoms with Crippen LogP contribution >= 0.6 is 0 Å². The van der Waals surface area contributed by atoms with Gasteiger partial charge < -0.3 is 15.7 Å². The Hall–Kier alpha value is -1.69. The molecule has 1 aliphatic heterocycles. The fraction of sp³-hybridized carbons (Fsp3) is 0.583. The highest BCUT2D eigenvalue weighted by Crippen LogP contribution is 2.24. The SMILES string of the molecule is Cc1cnc(N2CCC[C@](O)(C(N)=O)C2)nc1C. The van der Waals surface area contributed by atoms with Gasteiger partial charge in [0.05, 0.1) is 6.54 Å². The zero-order chi connectivity index (χ0) is 13.3. The molecule has 1 aromatic heterocycles. The Kier molecular flexibility index (Phi) is 3.21. The molecular weight excluding hydrogens is 232 g/mol. The van der Waals surface area contributed by atoms with Gasteiger partial charge in [0, 0.05) is 18.4 Å². The van der Waals surface area contributed by atoms with Gasteiger partial charge in [0.1, 0.15) is 0 Å². The largest absolute Gasteiger partial charge is 0.378 e. The summed E-state index contributed by atoms with van der Waals surface area (Å²) < 4.78 is 0. The molecule has 2 heterocycles. The van der Waals surface area contributed by atoms with Crippen molar-refractivity contribution in [3.05, 3.63) is 17.5 Å². The van der Waals surface area contributed by atoms with Crippen molar-refractivity contribution >= 4 is 11.9 Å². The minimum absolute atomic E-state index is 0.158. The molecule has 1 atom stereocenters. The highest BCUT2D eigenvalue weighted by Gasteiger charge is 2.39. The Bertz CT molecular complexity index is 477. The van der Waals surface area contributed by atoms with Crippen LogP contribution in [-0.4, -0.2) is 39.7 Å². The van der Waals surface area contributed by atoms with Crippen LogP contribution in [0.4, 0.5) is 5.95 Å². The number of piperidine rings is 1. The molecule has 0 saturated carbocycles. The number of β-amino-alcohol motifs (C(OH)–C–C–N with tert-alkyl or cyclic N) is 1. The number of anilines is 1. The smallest absolute Gasteiger partial charge is 0.251 e. The Morgan fingerprint density at radius 2 is 2.28 bits per heavy atom. The summed E-state index contributed by atoms with van der Waals surface area (Å²) in [5.74, 6) is -0.145. The van der Waals surface area contributed by atoms with Crippen LogP contribution in [0.1, 0.15) is 24.1 Å². The van der Waals surface area contributed by atoms with Crippen LogP contribution in [0.3, 0.4) is 0 Å². The van der Waals surface area contributed by atoms with Crippen molar-refractivity contribution in [1.82, 2.24) is 9.97 Å². The number of carbonyl (C=O) groups is 1. The Labute approximate surface area is 106 Å². The first-order chi connectivity index (χ1) is 8.42. The molecule has 3 N–H and O–H groups in total. The van der Waals surface area contributed by atoms with E-state index < -0.39 is 11.5 Å². The van der Waals surface area contributed by atoms with Crippen molar-refractivity contribution < 1.29 is 9.90 Å². The van der Waals surface area contributed by atoms with Crippen LogP contribution < -0.4 is 10.6 Å². The van der Waals surface area contributed by atoms with Crippen LogP contribution in [0.2, 0.25) is 0 Å². The third-order valence-electron chi connectivity index (χ3n) is 3.42. The number of hydrogen-bond donors (Lipinski definition) is 2. The van der Waals surface area contributed by atoms with E-state index in [0.29, 0.717) is 18.8 Å². The zero-order valence-electron chi connectivity index (χ0n) is 10.7. The van der Waals surface area contributed by atoms with E-state index in [2.05, 4.69) is 9.97 Å². The van der Waals surface area contributed by atoms with E-state index in [0.717, 1.165) is 17.8 Å². The van der Waals surface area contributed by atoms with Gasteiger partial charge >= 0.3 is 0 Å². The van der Waals surface area contributed by atoms with Crippen molar-refractivity contribution in [1.29, 1.82) is 0 Å². The van der Waals surface area contributed by atoms with E-state index in [1.165, 1.54) is 0 Å². The monoisotopic (exact) mass is 250 g/mol. The number of carbonyl (C=O) groups excluding carboxylic acids is 1. The predicted molar refractivity (Wildman–Crippen MR) is 67.1 cm³/mol. The average molecular weight is 250 g/mol. The molecular formula is C12H18N4O2. The maximum absolute atomic E-state index is 11.3. The zero-order valence-corrected chi connectivity index (χ0v) is 10.7. The Morgan fingerprint density at radius 1 is 1.56 bits per heavy atom. The van der Waals surface area contributed by atoms with Gasteiger partial charge in [0.2, 0.25) is 5.95 Å². The number of primary amides is 1. The standard InChI is InChI=1S/C12H18N4O2/c1-8-6-14-11(15-9(8)2)16-5-3-4-12(18,7-16)10(13)17/h6,18H,3-5,7H2,1-2H3,(H2,13,17)/t12-/m1/s1. The second-order valence-corrected chi connectivity index (χ2v) is 4.86. The molecule has 0 aromatic carbocycles. The molecule has 0 unspecified atom stereocenters. The van der Waals surface area contributed by atoms with Gasteiger partial charge in [0.25, 0.3) is 5.91 Å². The Morgan fingerprint density at radius 3 is 2.89 bits per heavy atom. The first kappa shape index (κ1) is 12.8. The van der Waals surface area contributed by atoms with Crippen molar-refractivity contribution in [3.63, 3.8) is 0 Å². The molecule has 1 aliphatic rings. The molecule has 1 fully saturated rings. The van der Waals surface area contributed by atoms with Crippen LogP contribution in [0.25, 0.3) is 0 Å². The number of rotatable bonds is 2. The molecule has 6 heteroatoms. The van der Waals surface area contributed by atoms with Crippen LogP contribution in [0.5, 0.6) is 0 Å². The highest BCUT2D eigenvalue weighted by molar-refractivity contribution is 5.84. The number of nitrogens with two attached hydrogens (primary N) is 1. The van der Waals surface area contributed by atoms with Gasteiger partial charge in [-0.2, -0.15) is 0 Å². The van der Waals surface area contributed by atoms with Gasteiger partial charge in [-0.1, -0.05) is 0 Å². The second-order valence-electron chi connectivity index (χ2n) is 4.86. The predicted octanol–water partition coefficient (Wildman–Crippen LogP) is -0.0900. The van der Waals surface area contributed by atoms with Gasteiger partial charge in [0.15, 0.2) is 5.60 Å². The summed E-state index contributed by atoms with van der Waals surface area (Å²) >= 11 is 0. The Balaban J connectivity index is 2.23. The summed E-state index contributed by atoms with van der Waals surface area (Å²) in [6.07, 6.45) is 2.83. The quantitative estimate of drug-likeness (QED) is 0.765. The first-order valence-electron chi connectivity index (χ1n) is 6.00. The summed E-state index contributed by atoms with van der Waals surface area (Å²) in [5.41, 5.74) is 5.68. The van der Waals surface area contributed by atoms with Crippen LogP contribution in [0, 0.1) is 13.8 Å². The van der Waals surface area contributed by atoms with Gasteiger partial charge in [-0.15, -0.1) is 0 Å². The van der Waals surface area contributed by atoms with E-state index in [-0.39, 0.29) is 6.54 Å². The molecule has 0 radical (unpaired) electrons. The summed E-state index contributed by atoms with van der Waals surface area (Å²) in [6, 6.07) is 0. The molecule has 98 valence electrons. The molecule has 1 saturated heterocycles. The number of nitrogens with zero attached hydrogens (tertiary/aromatic N) is 3. The summed E-state index contributed by atoms with van der Waals surface area (Å²) in [6.45, 7) is 4.72. The fourth-order valence-corrected chi connectivity index (χ4v) is 2.08. The van der Waals surface area contributed by atoms with Gasteiger partial charge in [-0.05, 0) is 32.3 Å². The molecule has 0 aliphatic carbocycles. The number of aliphatic hydroxyl groups is 1. The van der Waals surface area contributed by atoms with E-state index >= 15 is 0 Å². The van der Waals surface area contributed by atoms with E-state index in [4.69, 9.17) is 5.73 Å². The third-order valence-corrected chi connectivity index (χ3v) is 3.42. The summed E-state index contributed by atoms with van der Waals surface area (Å²) in [5, 5.41) is 10.1. The molecule has 2 rings (SSSR count). The van der Waals surface area contributed by atoms with Crippen molar-refractivity contribution in [2.24, 2.45) is 5.73 Å². The summed E-state index contributed by atoms with van der Waals surface area (Å²) in [4.78, 5) is 21.7. The maximum Gasteiger partial charge on any atom is 0.251 e. The lowest BCUT2D eigenvalue weighted by Crippen LogP contribution is -2.56. The topological polar surface area (TPSA) is 92.3 Å². The minimum Gasteiger partial charge on any atom is -0.378 e. The normalized spacial score (nSPS) is 24.1. The molecule has 1 aromatic rings.